The third-order valence-electron chi connectivity index (χ3n) is 5.46. The number of hydrogen-bond donors (Lipinski definition) is 1. The molecule has 4 nitrogen and oxygen atoms in total. The van der Waals surface area contributed by atoms with Crippen LogP contribution in [0.5, 0.6) is 0 Å². The largest absolute Gasteiger partial charge is 0.295 e. The standard InChI is InChI=1S/C24H16Cl2FN3O/c1-13-2-4-14(5-3-13)21-20-22(29-28-21)24(31)30(17-9-7-16(27)8-10-17)23(20)18-11-6-15(25)12-19(18)26/h2-12,23H,1H3,(H,28,29)/t23-/m0/s1. The van der Waals surface area contributed by atoms with Gasteiger partial charge in [0.25, 0.3) is 5.91 Å². The van der Waals surface area contributed by atoms with E-state index in [4.69, 9.17) is 23.2 Å². The van der Waals surface area contributed by atoms with Crippen molar-refractivity contribution in [3.05, 3.63) is 105 Å². The van der Waals surface area contributed by atoms with E-state index in [1.165, 1.54) is 12.1 Å². The Hall–Kier alpha value is -3.15. The topological polar surface area (TPSA) is 49.0 Å². The van der Waals surface area contributed by atoms with Gasteiger partial charge >= 0.3 is 0 Å². The summed E-state index contributed by atoms with van der Waals surface area (Å²) < 4.78 is 13.6. The normalized spacial score (nSPS) is 15.4. The summed E-state index contributed by atoms with van der Waals surface area (Å²) >= 11 is 12.7. The number of anilines is 1. The van der Waals surface area contributed by atoms with Crippen LogP contribution in [0.4, 0.5) is 10.1 Å². The summed E-state index contributed by atoms with van der Waals surface area (Å²) in [5.74, 6) is -0.638. The minimum absolute atomic E-state index is 0.261. The first-order valence-corrected chi connectivity index (χ1v) is 10.4. The van der Waals surface area contributed by atoms with E-state index in [9.17, 15) is 9.18 Å². The lowest BCUT2D eigenvalue weighted by Gasteiger charge is -2.27. The highest BCUT2D eigenvalue weighted by molar-refractivity contribution is 6.35. The number of H-pyrrole nitrogens is 1. The van der Waals surface area contributed by atoms with Crippen LogP contribution in [-0.2, 0) is 0 Å². The van der Waals surface area contributed by atoms with Gasteiger partial charge in [0.1, 0.15) is 11.5 Å². The van der Waals surface area contributed by atoms with E-state index in [1.807, 2.05) is 31.2 Å². The molecule has 5 rings (SSSR count). The summed E-state index contributed by atoms with van der Waals surface area (Å²) in [5.41, 5.74) is 5.05. The summed E-state index contributed by atoms with van der Waals surface area (Å²) in [4.78, 5) is 15.0. The molecule has 1 amide bonds. The van der Waals surface area contributed by atoms with Crippen molar-refractivity contribution < 1.29 is 9.18 Å². The highest BCUT2D eigenvalue weighted by atomic mass is 35.5. The Balaban J connectivity index is 1.74. The molecule has 1 N–H and O–H groups in total. The summed E-state index contributed by atoms with van der Waals surface area (Å²) in [6.45, 7) is 2.01. The van der Waals surface area contributed by atoms with Gasteiger partial charge in [0.05, 0.1) is 11.7 Å². The van der Waals surface area contributed by atoms with Crippen LogP contribution in [0.15, 0.2) is 66.7 Å². The smallest absolute Gasteiger partial charge is 0.277 e. The molecule has 1 aliphatic heterocycles. The van der Waals surface area contributed by atoms with Crippen molar-refractivity contribution in [3.63, 3.8) is 0 Å². The minimum atomic E-state index is -0.548. The third-order valence-corrected chi connectivity index (χ3v) is 6.02. The van der Waals surface area contributed by atoms with Crippen molar-refractivity contribution in [1.29, 1.82) is 0 Å². The minimum Gasteiger partial charge on any atom is -0.295 e. The van der Waals surface area contributed by atoms with Gasteiger partial charge in [-0.2, -0.15) is 5.10 Å². The second-order valence-electron chi connectivity index (χ2n) is 7.45. The molecule has 0 radical (unpaired) electrons. The van der Waals surface area contributed by atoms with Crippen LogP contribution >= 0.6 is 23.2 Å². The number of amides is 1. The van der Waals surface area contributed by atoms with Crippen molar-refractivity contribution in [3.8, 4) is 11.3 Å². The van der Waals surface area contributed by atoms with Crippen molar-refractivity contribution >= 4 is 34.8 Å². The number of carbonyl (C=O) groups is 1. The molecule has 4 aromatic rings. The number of benzene rings is 3. The number of carbonyl (C=O) groups excluding carboxylic acids is 1. The predicted octanol–water partition coefficient (Wildman–Crippen LogP) is 6.58. The van der Waals surface area contributed by atoms with Gasteiger partial charge in [-0.25, -0.2) is 4.39 Å². The quantitative estimate of drug-likeness (QED) is 0.382. The van der Waals surface area contributed by atoms with Gasteiger partial charge in [-0.05, 0) is 48.9 Å². The Morgan fingerprint density at radius 2 is 1.71 bits per heavy atom. The second-order valence-corrected chi connectivity index (χ2v) is 8.29. The molecule has 1 aliphatic rings. The van der Waals surface area contributed by atoms with E-state index < -0.39 is 6.04 Å². The number of rotatable bonds is 3. The summed E-state index contributed by atoms with van der Waals surface area (Å²) in [6, 6.07) is 18.4. The monoisotopic (exact) mass is 451 g/mol. The SMILES string of the molecule is Cc1ccc(-c2n[nH]c3c2[C@H](c2ccc(Cl)cc2Cl)N(c2ccc(F)cc2)C3=O)cc1. The molecule has 0 saturated carbocycles. The number of nitrogens with one attached hydrogen (secondary N) is 1. The Morgan fingerprint density at radius 1 is 1.00 bits per heavy atom. The molecule has 0 fully saturated rings. The van der Waals surface area contributed by atoms with Crippen molar-refractivity contribution in [2.24, 2.45) is 0 Å². The molecule has 3 aromatic carbocycles. The highest BCUT2D eigenvalue weighted by Gasteiger charge is 2.43. The fourth-order valence-corrected chi connectivity index (χ4v) is 4.48. The number of halogens is 3. The fourth-order valence-electron chi connectivity index (χ4n) is 3.96. The molecular formula is C24H16Cl2FN3O. The number of nitrogens with zero attached hydrogens (tertiary/aromatic N) is 2. The molecule has 0 aliphatic carbocycles. The van der Waals surface area contributed by atoms with Crippen LogP contribution in [0, 0.1) is 12.7 Å². The molecule has 1 atom stereocenters. The molecule has 31 heavy (non-hydrogen) atoms. The Morgan fingerprint density at radius 3 is 2.39 bits per heavy atom. The highest BCUT2D eigenvalue weighted by Crippen LogP contribution is 2.46. The summed E-state index contributed by atoms with van der Waals surface area (Å²) in [5, 5.41) is 8.29. The number of fused-ring (bicyclic) bond motifs is 1. The van der Waals surface area contributed by atoms with Crippen molar-refractivity contribution in [2.75, 3.05) is 4.90 Å². The Kier molecular flexibility index (Phi) is 4.80. The average Bonchev–Trinajstić information content (AvgIpc) is 3.29. The predicted molar refractivity (Wildman–Crippen MR) is 120 cm³/mol. The zero-order valence-corrected chi connectivity index (χ0v) is 17.9. The molecular weight excluding hydrogens is 436 g/mol. The number of aromatic amines is 1. The van der Waals surface area contributed by atoms with Crippen LogP contribution in [0.2, 0.25) is 10.0 Å². The van der Waals surface area contributed by atoms with Crippen LogP contribution in [0.3, 0.4) is 0 Å². The maximum Gasteiger partial charge on any atom is 0.277 e. The zero-order chi connectivity index (χ0) is 21.7. The first kappa shape index (κ1) is 19.8. The van der Waals surface area contributed by atoms with Gasteiger partial charge in [-0.15, -0.1) is 0 Å². The van der Waals surface area contributed by atoms with E-state index in [-0.39, 0.29) is 11.7 Å². The summed E-state index contributed by atoms with van der Waals surface area (Å²) in [6.07, 6.45) is 0. The number of aryl methyl sites for hydroxylation is 1. The van der Waals surface area contributed by atoms with Gasteiger partial charge in [-0.1, -0.05) is 59.1 Å². The lowest BCUT2D eigenvalue weighted by atomic mass is 9.95. The van der Waals surface area contributed by atoms with E-state index in [1.54, 1.807) is 35.2 Å². The van der Waals surface area contributed by atoms with Crippen molar-refractivity contribution in [1.82, 2.24) is 10.2 Å². The molecule has 2 heterocycles. The molecule has 0 spiro atoms. The van der Waals surface area contributed by atoms with Gasteiger partial charge in [0.15, 0.2) is 0 Å². The third kappa shape index (κ3) is 3.30. The zero-order valence-electron chi connectivity index (χ0n) is 16.4. The summed E-state index contributed by atoms with van der Waals surface area (Å²) in [7, 11) is 0. The average molecular weight is 452 g/mol. The van der Waals surface area contributed by atoms with Crippen molar-refractivity contribution in [2.45, 2.75) is 13.0 Å². The second kappa shape index (κ2) is 7.52. The lowest BCUT2D eigenvalue weighted by Crippen LogP contribution is -2.29. The first-order valence-electron chi connectivity index (χ1n) is 9.63. The van der Waals surface area contributed by atoms with Gasteiger partial charge in [0.2, 0.25) is 0 Å². The van der Waals surface area contributed by atoms with Crippen LogP contribution in [-0.4, -0.2) is 16.1 Å². The molecule has 0 bridgehead atoms. The Bertz CT molecular complexity index is 1300. The molecule has 154 valence electrons. The molecule has 1 aromatic heterocycles. The number of aromatic nitrogens is 2. The maximum atomic E-state index is 13.6. The van der Waals surface area contributed by atoms with Gasteiger partial charge in [-0.3, -0.25) is 14.8 Å². The van der Waals surface area contributed by atoms with E-state index in [0.29, 0.717) is 32.7 Å². The molecule has 0 saturated heterocycles. The van der Waals surface area contributed by atoms with Crippen LogP contribution < -0.4 is 4.90 Å². The van der Waals surface area contributed by atoms with Gasteiger partial charge in [0, 0.05) is 26.9 Å². The lowest BCUT2D eigenvalue weighted by molar-refractivity contribution is 0.0988. The molecule has 0 unspecified atom stereocenters. The van der Waals surface area contributed by atoms with Crippen LogP contribution in [0.25, 0.3) is 11.3 Å². The van der Waals surface area contributed by atoms with E-state index >= 15 is 0 Å². The first-order chi connectivity index (χ1) is 14.9. The van der Waals surface area contributed by atoms with E-state index in [0.717, 1.165) is 16.7 Å². The molecule has 7 heteroatoms. The maximum absolute atomic E-state index is 13.6. The Labute approximate surface area is 188 Å². The van der Waals surface area contributed by atoms with E-state index in [2.05, 4.69) is 10.2 Å². The van der Waals surface area contributed by atoms with Crippen LogP contribution in [0.1, 0.15) is 33.2 Å². The number of hydrogen-bond acceptors (Lipinski definition) is 2. The fraction of sp³-hybridized carbons (Fsp3) is 0.0833. The van der Waals surface area contributed by atoms with Gasteiger partial charge < -0.3 is 0 Å².